The summed E-state index contributed by atoms with van der Waals surface area (Å²) in [5.41, 5.74) is 0.0538. The van der Waals surface area contributed by atoms with Crippen molar-refractivity contribution in [1.82, 2.24) is 0 Å². The van der Waals surface area contributed by atoms with E-state index in [1.807, 2.05) is 35.7 Å². The van der Waals surface area contributed by atoms with E-state index in [1.54, 1.807) is 12.1 Å². The summed E-state index contributed by atoms with van der Waals surface area (Å²) in [7, 11) is -1.29. The first-order valence-electron chi connectivity index (χ1n) is 4.11. The van der Waals surface area contributed by atoms with Crippen LogP contribution in [0.25, 0.3) is 0 Å². The van der Waals surface area contributed by atoms with Crippen molar-refractivity contribution in [2.45, 2.75) is 13.1 Å². The number of benzene rings is 1. The molecular weight excluding hydrogens is 313 g/mol. The number of hydrogen-bond acceptors (Lipinski definition) is 3. The monoisotopic (exact) mass is 323 g/mol. The smallest absolute Gasteiger partial charge is 0.310 e. The highest BCUT2D eigenvalue weighted by Crippen LogP contribution is 2.28. The molecule has 0 radical (unpaired) electrons. The van der Waals surface area contributed by atoms with Crippen LogP contribution in [0.3, 0.4) is 0 Å². The second kappa shape index (κ2) is 4.74. The van der Waals surface area contributed by atoms with Gasteiger partial charge in [0.05, 0.1) is 4.92 Å². The Hall–Kier alpha value is -0.633. The first-order valence-corrected chi connectivity index (χ1v) is 7.97. The van der Waals surface area contributed by atoms with Crippen LogP contribution in [0, 0.1) is 13.7 Å². The molecule has 0 aliphatic carbocycles. The zero-order valence-electron chi connectivity index (χ0n) is 7.86. The first-order chi connectivity index (χ1) is 6.50. The van der Waals surface area contributed by atoms with Crippen LogP contribution in [0.5, 0.6) is 5.75 Å². The molecule has 0 saturated heterocycles. The van der Waals surface area contributed by atoms with E-state index in [9.17, 15) is 10.1 Å². The van der Waals surface area contributed by atoms with Crippen molar-refractivity contribution >= 4 is 37.3 Å². The van der Waals surface area contributed by atoms with Crippen LogP contribution in [0.2, 0.25) is 13.1 Å². The van der Waals surface area contributed by atoms with Crippen molar-refractivity contribution in [3.8, 4) is 5.75 Å². The van der Waals surface area contributed by atoms with Gasteiger partial charge in [-0.15, -0.1) is 0 Å². The first kappa shape index (κ1) is 11.4. The van der Waals surface area contributed by atoms with Crippen molar-refractivity contribution in [3.63, 3.8) is 0 Å². The molecule has 14 heavy (non-hydrogen) atoms. The van der Waals surface area contributed by atoms with Crippen LogP contribution in [0.15, 0.2) is 18.2 Å². The second-order valence-electron chi connectivity index (χ2n) is 3.04. The second-order valence-corrected chi connectivity index (χ2v) is 6.61. The summed E-state index contributed by atoms with van der Waals surface area (Å²) in [6, 6.07) is 4.99. The predicted molar refractivity (Wildman–Crippen MR) is 65.3 cm³/mol. The minimum atomic E-state index is -1.29. The van der Waals surface area contributed by atoms with E-state index >= 15 is 0 Å². The Morgan fingerprint density at radius 3 is 2.64 bits per heavy atom. The largest absolute Gasteiger partial charge is 0.542 e. The molecule has 4 nitrogen and oxygen atoms in total. The molecule has 1 rings (SSSR count). The average molecular weight is 323 g/mol. The van der Waals surface area contributed by atoms with Gasteiger partial charge in [0.15, 0.2) is 5.75 Å². The molecular formula is C8H10INO3Si. The van der Waals surface area contributed by atoms with Crippen molar-refractivity contribution in [3.05, 3.63) is 31.9 Å². The third-order valence-electron chi connectivity index (χ3n) is 1.48. The van der Waals surface area contributed by atoms with Gasteiger partial charge in [-0.2, -0.15) is 0 Å². The van der Waals surface area contributed by atoms with E-state index in [2.05, 4.69) is 0 Å². The Balaban J connectivity index is 3.08. The molecule has 0 heterocycles. The van der Waals surface area contributed by atoms with Gasteiger partial charge in [0.2, 0.25) is 9.04 Å². The summed E-state index contributed by atoms with van der Waals surface area (Å²) in [5, 5.41) is 10.7. The van der Waals surface area contributed by atoms with Crippen molar-refractivity contribution in [2.75, 3.05) is 0 Å². The highest BCUT2D eigenvalue weighted by atomic mass is 127. The molecule has 0 N–H and O–H groups in total. The average Bonchev–Trinajstić information content (AvgIpc) is 2.07. The topological polar surface area (TPSA) is 52.4 Å². The fraction of sp³-hybridized carbons (Fsp3) is 0.250. The fourth-order valence-corrected chi connectivity index (χ4v) is 2.17. The van der Waals surface area contributed by atoms with Crippen LogP contribution >= 0.6 is 22.6 Å². The molecule has 1 aromatic carbocycles. The van der Waals surface area contributed by atoms with Gasteiger partial charge in [0.25, 0.3) is 0 Å². The van der Waals surface area contributed by atoms with Gasteiger partial charge in [-0.25, -0.2) is 0 Å². The van der Waals surface area contributed by atoms with E-state index in [-0.39, 0.29) is 5.69 Å². The Kier molecular flexibility index (Phi) is 3.87. The standard InChI is InChI=1S/C8H10INO3Si/c1-14(2)13-8-4-3-6(9)5-7(8)10(11)12/h3-5,14H,1-2H3. The van der Waals surface area contributed by atoms with Crippen LogP contribution in [0.4, 0.5) is 5.69 Å². The predicted octanol–water partition coefficient (Wildman–Crippen LogP) is 2.56. The lowest BCUT2D eigenvalue weighted by Gasteiger charge is -2.09. The molecule has 76 valence electrons. The lowest BCUT2D eigenvalue weighted by molar-refractivity contribution is -0.385. The maximum atomic E-state index is 10.7. The number of rotatable bonds is 3. The molecule has 0 fully saturated rings. The van der Waals surface area contributed by atoms with Gasteiger partial charge >= 0.3 is 5.69 Å². The van der Waals surface area contributed by atoms with Crippen molar-refractivity contribution in [1.29, 1.82) is 0 Å². The Morgan fingerprint density at radius 1 is 1.50 bits per heavy atom. The number of nitrogens with zero attached hydrogens (tertiary/aromatic N) is 1. The molecule has 0 spiro atoms. The molecule has 0 amide bonds. The van der Waals surface area contributed by atoms with Crippen molar-refractivity contribution < 1.29 is 9.35 Å². The van der Waals surface area contributed by atoms with Gasteiger partial charge in [0.1, 0.15) is 0 Å². The Morgan fingerprint density at radius 2 is 2.14 bits per heavy atom. The minimum absolute atomic E-state index is 0.0538. The number of hydrogen-bond donors (Lipinski definition) is 0. The molecule has 0 atom stereocenters. The normalized spacial score (nSPS) is 10.3. The van der Waals surface area contributed by atoms with Gasteiger partial charge < -0.3 is 4.43 Å². The summed E-state index contributed by atoms with van der Waals surface area (Å²) in [4.78, 5) is 10.3. The highest BCUT2D eigenvalue weighted by Gasteiger charge is 2.16. The van der Waals surface area contributed by atoms with Crippen molar-refractivity contribution in [2.24, 2.45) is 0 Å². The van der Waals surface area contributed by atoms with Crippen LogP contribution in [-0.4, -0.2) is 14.0 Å². The van der Waals surface area contributed by atoms with Crippen LogP contribution in [-0.2, 0) is 0 Å². The Bertz CT molecular complexity index is 356. The molecule has 0 unspecified atom stereocenters. The van der Waals surface area contributed by atoms with E-state index in [0.717, 1.165) is 3.57 Å². The third kappa shape index (κ3) is 2.95. The number of nitro benzene ring substituents is 1. The number of halogens is 1. The summed E-state index contributed by atoms with van der Waals surface area (Å²) in [6.45, 7) is 3.95. The SMILES string of the molecule is C[SiH](C)Oc1ccc(I)cc1[N+](=O)[O-]. The molecule has 6 heteroatoms. The lowest BCUT2D eigenvalue weighted by Crippen LogP contribution is -2.12. The highest BCUT2D eigenvalue weighted by molar-refractivity contribution is 14.1. The molecule has 0 aromatic heterocycles. The maximum Gasteiger partial charge on any atom is 0.310 e. The summed E-state index contributed by atoms with van der Waals surface area (Å²) in [6.07, 6.45) is 0. The Labute approximate surface area is 97.3 Å². The van der Waals surface area contributed by atoms with E-state index in [1.165, 1.54) is 6.07 Å². The van der Waals surface area contributed by atoms with E-state index in [0.29, 0.717) is 5.75 Å². The number of nitro groups is 1. The van der Waals surface area contributed by atoms with Gasteiger partial charge in [-0.3, -0.25) is 10.1 Å². The van der Waals surface area contributed by atoms with Gasteiger partial charge in [0, 0.05) is 9.64 Å². The molecule has 0 aliphatic rings. The summed E-state index contributed by atoms with van der Waals surface area (Å²) in [5.74, 6) is 0.386. The van der Waals surface area contributed by atoms with Gasteiger partial charge in [-0.1, -0.05) is 0 Å². The van der Waals surface area contributed by atoms with Crippen LogP contribution in [0.1, 0.15) is 0 Å². The molecule has 0 bridgehead atoms. The third-order valence-corrected chi connectivity index (χ3v) is 2.88. The minimum Gasteiger partial charge on any atom is -0.542 e. The molecule has 0 saturated carbocycles. The fourth-order valence-electron chi connectivity index (χ4n) is 0.987. The lowest BCUT2D eigenvalue weighted by atomic mass is 10.3. The zero-order chi connectivity index (χ0) is 10.7. The van der Waals surface area contributed by atoms with E-state index < -0.39 is 14.0 Å². The van der Waals surface area contributed by atoms with E-state index in [4.69, 9.17) is 4.43 Å². The molecule has 1 aromatic rings. The summed E-state index contributed by atoms with van der Waals surface area (Å²) < 4.78 is 6.30. The summed E-state index contributed by atoms with van der Waals surface area (Å²) >= 11 is 2.04. The molecule has 0 aliphatic heterocycles. The quantitative estimate of drug-likeness (QED) is 0.372. The maximum absolute atomic E-state index is 10.7. The van der Waals surface area contributed by atoms with Crippen LogP contribution < -0.4 is 4.43 Å². The van der Waals surface area contributed by atoms with Gasteiger partial charge in [-0.05, 0) is 47.8 Å². The zero-order valence-corrected chi connectivity index (χ0v) is 11.2.